The second-order valence-corrected chi connectivity index (χ2v) is 4.13. The van der Waals surface area contributed by atoms with Crippen molar-refractivity contribution < 1.29 is 14.6 Å². The van der Waals surface area contributed by atoms with Gasteiger partial charge in [0.1, 0.15) is 12.4 Å². The molecule has 0 saturated heterocycles. The average molecular weight is 263 g/mol. The number of hydrogen-bond acceptors (Lipinski definition) is 2. The van der Waals surface area contributed by atoms with Crippen LogP contribution in [0.25, 0.3) is 0 Å². The lowest BCUT2D eigenvalue weighted by molar-refractivity contribution is 0.0697. The Bertz CT molecular complexity index is 552. The maximum Gasteiger partial charge on any atom is 0.337 e. The third-order valence-corrected chi connectivity index (χ3v) is 2.73. The van der Waals surface area contributed by atoms with Crippen molar-refractivity contribution in [1.82, 2.24) is 0 Å². The number of halogens is 1. The van der Waals surface area contributed by atoms with Crippen LogP contribution in [0.2, 0.25) is 5.02 Å². The Kier molecular flexibility index (Phi) is 3.85. The standard InChI is InChI=1S/C14H11ClO3/c15-13-8-11(6-7-12(13)14(16)17)18-9-10-4-2-1-3-5-10/h1-8H,9H2,(H,16,17). The SMILES string of the molecule is O=C(O)c1ccc(OCc2ccccc2)cc1Cl. The summed E-state index contributed by atoms with van der Waals surface area (Å²) in [4.78, 5) is 10.8. The van der Waals surface area contributed by atoms with Crippen LogP contribution in [0.1, 0.15) is 15.9 Å². The Morgan fingerprint density at radius 1 is 1.17 bits per heavy atom. The predicted molar refractivity (Wildman–Crippen MR) is 69.2 cm³/mol. The number of benzene rings is 2. The van der Waals surface area contributed by atoms with Gasteiger partial charge in [-0.3, -0.25) is 0 Å². The number of rotatable bonds is 4. The molecule has 92 valence electrons. The number of ether oxygens (including phenoxy) is 1. The maximum atomic E-state index is 10.8. The van der Waals surface area contributed by atoms with Crippen molar-refractivity contribution in [3.63, 3.8) is 0 Å². The van der Waals surface area contributed by atoms with Crippen molar-refractivity contribution in [3.05, 3.63) is 64.7 Å². The lowest BCUT2D eigenvalue weighted by atomic mass is 10.2. The minimum atomic E-state index is -1.05. The highest BCUT2D eigenvalue weighted by atomic mass is 35.5. The molecule has 0 aliphatic rings. The van der Waals surface area contributed by atoms with Gasteiger partial charge in [0.05, 0.1) is 10.6 Å². The molecule has 0 saturated carbocycles. The molecule has 0 heterocycles. The van der Waals surface area contributed by atoms with Gasteiger partial charge in [-0.05, 0) is 23.8 Å². The molecule has 0 atom stereocenters. The van der Waals surface area contributed by atoms with Crippen LogP contribution in [0, 0.1) is 0 Å². The van der Waals surface area contributed by atoms with Crippen LogP contribution in [0.15, 0.2) is 48.5 Å². The number of hydrogen-bond donors (Lipinski definition) is 1. The Labute approximate surface area is 110 Å². The molecule has 2 rings (SSSR count). The van der Waals surface area contributed by atoms with E-state index >= 15 is 0 Å². The molecule has 3 nitrogen and oxygen atoms in total. The van der Waals surface area contributed by atoms with Crippen LogP contribution in [-0.4, -0.2) is 11.1 Å². The van der Waals surface area contributed by atoms with Crippen LogP contribution >= 0.6 is 11.6 Å². The zero-order valence-electron chi connectivity index (χ0n) is 9.47. The summed E-state index contributed by atoms with van der Waals surface area (Å²) in [5.41, 5.74) is 1.11. The van der Waals surface area contributed by atoms with Gasteiger partial charge < -0.3 is 9.84 Å². The van der Waals surface area contributed by atoms with E-state index in [9.17, 15) is 4.79 Å². The quantitative estimate of drug-likeness (QED) is 0.915. The smallest absolute Gasteiger partial charge is 0.337 e. The number of carbonyl (C=O) groups is 1. The van der Waals surface area contributed by atoms with Crippen molar-refractivity contribution in [2.75, 3.05) is 0 Å². The van der Waals surface area contributed by atoms with Crippen LogP contribution < -0.4 is 4.74 Å². The fourth-order valence-corrected chi connectivity index (χ4v) is 1.75. The highest BCUT2D eigenvalue weighted by Gasteiger charge is 2.09. The molecule has 18 heavy (non-hydrogen) atoms. The maximum absolute atomic E-state index is 10.8. The van der Waals surface area contributed by atoms with Gasteiger partial charge in [0, 0.05) is 0 Å². The highest BCUT2D eigenvalue weighted by molar-refractivity contribution is 6.33. The van der Waals surface area contributed by atoms with Crippen LogP contribution in [0.5, 0.6) is 5.75 Å². The minimum absolute atomic E-state index is 0.0729. The van der Waals surface area contributed by atoms with Crippen molar-refractivity contribution in [3.8, 4) is 5.75 Å². The third kappa shape index (κ3) is 3.02. The van der Waals surface area contributed by atoms with Gasteiger partial charge in [0.15, 0.2) is 0 Å². The normalized spacial score (nSPS) is 10.1. The number of carboxylic acid groups (broad SMARTS) is 1. The molecule has 0 radical (unpaired) electrons. The molecule has 0 fully saturated rings. The molecule has 1 N–H and O–H groups in total. The fourth-order valence-electron chi connectivity index (χ4n) is 1.50. The Morgan fingerprint density at radius 2 is 1.89 bits per heavy atom. The van der Waals surface area contributed by atoms with Gasteiger partial charge in [-0.15, -0.1) is 0 Å². The predicted octanol–water partition coefficient (Wildman–Crippen LogP) is 3.62. The molecule has 0 spiro atoms. The van der Waals surface area contributed by atoms with Gasteiger partial charge in [0.25, 0.3) is 0 Å². The molecule has 0 aliphatic carbocycles. The monoisotopic (exact) mass is 262 g/mol. The molecule has 2 aromatic rings. The van der Waals surface area contributed by atoms with Gasteiger partial charge in [0.2, 0.25) is 0 Å². The summed E-state index contributed by atoms with van der Waals surface area (Å²) in [6.45, 7) is 0.420. The summed E-state index contributed by atoms with van der Waals surface area (Å²) < 4.78 is 5.53. The van der Waals surface area contributed by atoms with Crippen LogP contribution in [0.3, 0.4) is 0 Å². The Morgan fingerprint density at radius 3 is 2.50 bits per heavy atom. The van der Waals surface area contributed by atoms with Crippen molar-refractivity contribution in [2.45, 2.75) is 6.61 Å². The zero-order valence-corrected chi connectivity index (χ0v) is 10.2. The summed E-state index contributed by atoms with van der Waals surface area (Å²) in [6.07, 6.45) is 0. The topological polar surface area (TPSA) is 46.5 Å². The van der Waals surface area contributed by atoms with E-state index in [4.69, 9.17) is 21.4 Å². The summed E-state index contributed by atoms with van der Waals surface area (Å²) in [7, 11) is 0. The second-order valence-electron chi connectivity index (χ2n) is 3.72. The van der Waals surface area contributed by atoms with E-state index in [1.54, 1.807) is 6.07 Å². The fraction of sp³-hybridized carbons (Fsp3) is 0.0714. The first-order valence-electron chi connectivity index (χ1n) is 5.36. The molecular formula is C14H11ClO3. The van der Waals surface area contributed by atoms with E-state index in [1.807, 2.05) is 30.3 Å². The minimum Gasteiger partial charge on any atom is -0.489 e. The lowest BCUT2D eigenvalue weighted by Gasteiger charge is -2.07. The van der Waals surface area contributed by atoms with Crippen molar-refractivity contribution >= 4 is 17.6 Å². The molecule has 0 amide bonds. The van der Waals surface area contributed by atoms with Crippen molar-refractivity contribution in [2.24, 2.45) is 0 Å². The Balaban J connectivity index is 2.07. The number of carboxylic acids is 1. The molecular weight excluding hydrogens is 252 g/mol. The van der Waals surface area contributed by atoms with E-state index in [0.717, 1.165) is 5.56 Å². The van der Waals surface area contributed by atoms with Crippen molar-refractivity contribution in [1.29, 1.82) is 0 Å². The van der Waals surface area contributed by atoms with Gasteiger partial charge in [-0.1, -0.05) is 41.9 Å². The first-order chi connectivity index (χ1) is 8.66. The van der Waals surface area contributed by atoms with Gasteiger partial charge in [-0.25, -0.2) is 4.79 Å². The van der Waals surface area contributed by atoms with Gasteiger partial charge in [-0.2, -0.15) is 0 Å². The van der Waals surface area contributed by atoms with E-state index < -0.39 is 5.97 Å². The third-order valence-electron chi connectivity index (χ3n) is 2.42. The largest absolute Gasteiger partial charge is 0.489 e. The molecule has 4 heteroatoms. The first kappa shape index (κ1) is 12.5. The molecule has 0 aliphatic heterocycles. The highest BCUT2D eigenvalue weighted by Crippen LogP contribution is 2.23. The Hall–Kier alpha value is -2.00. The van der Waals surface area contributed by atoms with E-state index in [1.165, 1.54) is 12.1 Å². The van der Waals surface area contributed by atoms with Gasteiger partial charge >= 0.3 is 5.97 Å². The number of aromatic carboxylic acids is 1. The lowest BCUT2D eigenvalue weighted by Crippen LogP contribution is -1.99. The molecule has 0 unspecified atom stereocenters. The summed E-state index contributed by atoms with van der Waals surface area (Å²) >= 11 is 5.85. The molecule has 0 aromatic heterocycles. The van der Waals surface area contributed by atoms with Crippen LogP contribution in [-0.2, 0) is 6.61 Å². The summed E-state index contributed by atoms with van der Waals surface area (Å²) in [5, 5.41) is 9.01. The summed E-state index contributed by atoms with van der Waals surface area (Å²) in [6, 6.07) is 14.2. The van der Waals surface area contributed by atoms with E-state index in [-0.39, 0.29) is 10.6 Å². The first-order valence-corrected chi connectivity index (χ1v) is 5.74. The van der Waals surface area contributed by atoms with E-state index in [0.29, 0.717) is 12.4 Å². The molecule has 2 aromatic carbocycles. The second kappa shape index (κ2) is 5.56. The van der Waals surface area contributed by atoms with Crippen LogP contribution in [0.4, 0.5) is 0 Å². The molecule has 0 bridgehead atoms. The summed E-state index contributed by atoms with van der Waals surface area (Å²) in [5.74, 6) is -0.497. The zero-order chi connectivity index (χ0) is 13.0. The average Bonchev–Trinajstić information content (AvgIpc) is 2.37. The van der Waals surface area contributed by atoms with E-state index in [2.05, 4.69) is 0 Å².